The number of likely N-dealkylation sites (tertiary alicyclic amines) is 1. The van der Waals surface area contributed by atoms with Crippen LogP contribution in [-0.2, 0) is 57.4 Å². The van der Waals surface area contributed by atoms with Crippen LogP contribution in [0.3, 0.4) is 0 Å². The molecule has 1 saturated heterocycles. The van der Waals surface area contributed by atoms with Gasteiger partial charge >= 0.3 is 11.9 Å². The van der Waals surface area contributed by atoms with Crippen molar-refractivity contribution in [2.24, 2.45) is 29.4 Å². The van der Waals surface area contributed by atoms with E-state index in [0.717, 1.165) is 50.3 Å². The highest BCUT2D eigenvalue weighted by Gasteiger charge is 2.44. The number of nitrogens with zero attached hydrogens (tertiary/aromatic N) is 2. The first-order valence-electron chi connectivity index (χ1n) is 30.9. The molecule has 502 valence electrons. The molecule has 1 heterocycles. The minimum absolute atomic E-state index is 0.0312. The Bertz CT molecular complexity index is 2210. The summed E-state index contributed by atoms with van der Waals surface area (Å²) in [5.74, 6) is -8.85. The monoisotopic (exact) mass is 1390 g/mol. The van der Waals surface area contributed by atoms with Crippen molar-refractivity contribution < 1.29 is 72.7 Å². The second kappa shape index (κ2) is 41.4. The third-order valence-electron chi connectivity index (χ3n) is 16.2. The van der Waals surface area contributed by atoms with Crippen molar-refractivity contribution in [2.75, 3.05) is 47.9 Å². The van der Waals surface area contributed by atoms with Crippen LogP contribution < -0.4 is 43.0 Å². The summed E-state index contributed by atoms with van der Waals surface area (Å²) in [5, 5.41) is 48.0. The lowest BCUT2D eigenvalue weighted by Crippen LogP contribution is -2.60. The van der Waals surface area contributed by atoms with E-state index in [9.17, 15) is 63.3 Å². The van der Waals surface area contributed by atoms with Crippen molar-refractivity contribution in [2.45, 2.75) is 240 Å². The molecule has 17 atom stereocenters. The number of hydrogen-bond donors (Lipinski definition) is 11. The van der Waals surface area contributed by atoms with Crippen molar-refractivity contribution in [3.63, 3.8) is 0 Å². The molecule has 0 spiro atoms. The number of methoxy groups -OCH3 is 2. The van der Waals surface area contributed by atoms with Gasteiger partial charge in [-0.25, -0.2) is 0 Å². The maximum atomic E-state index is 14.6. The van der Waals surface area contributed by atoms with Crippen LogP contribution in [0.2, 0.25) is 0 Å². The molecule has 28 heteroatoms. The smallest absolute Gasteiger partial charge is 0.317 e. The van der Waals surface area contributed by atoms with Crippen molar-refractivity contribution in [1.29, 1.82) is 0 Å². The van der Waals surface area contributed by atoms with Gasteiger partial charge in [-0.05, 0) is 70.8 Å². The average Bonchev–Trinajstić information content (AvgIpc) is 2.31. The number of carboxylic acids is 2. The summed E-state index contributed by atoms with van der Waals surface area (Å²) in [4.78, 5) is 138. The second-order valence-corrected chi connectivity index (χ2v) is 30.5. The van der Waals surface area contributed by atoms with E-state index in [1.54, 1.807) is 30.8 Å². The second-order valence-electron chi connectivity index (χ2n) is 23.7. The highest BCUT2D eigenvalue weighted by atomic mass is 127. The SMILES string of the molecule is CCCCCCCC(C)[C@H](NC)C(=O)N[C@H](C(=O)N(C)[C@@H]([C@@H](C)CC)[C@@H](CC(=O)N1CCC[C@H]1C(OC)[C@@H](C)C(=O)N[C@H](C(=O)N[C@@H](CCC(=O)O)C(=O)N[C@H](C)CNC(=O)[C@H](CN)NC(=O)CC(SC(P)(I)CCC)C(=O)O)C(C)O)OC)C(C)C. The van der Waals surface area contributed by atoms with Crippen LogP contribution in [0.5, 0.6) is 0 Å². The number of nitrogens with one attached hydrogen (secondary N) is 7. The van der Waals surface area contributed by atoms with Gasteiger partial charge in [0.1, 0.15) is 29.4 Å². The molecule has 1 rings (SSSR count). The number of halogens is 1. The molecule has 6 unspecified atom stereocenters. The van der Waals surface area contributed by atoms with Gasteiger partial charge in [-0.1, -0.05) is 123 Å². The Hall–Kier alpha value is -3.99. The zero-order valence-electron chi connectivity index (χ0n) is 54.0. The fourth-order valence-corrected chi connectivity index (χ4v) is 14.3. The number of alkyl halides is 1. The minimum atomic E-state index is -1.66. The molecule has 0 aromatic heterocycles. The van der Waals surface area contributed by atoms with Gasteiger partial charge in [0.05, 0.1) is 51.3 Å². The van der Waals surface area contributed by atoms with E-state index in [1.807, 2.05) is 41.5 Å². The zero-order valence-corrected chi connectivity index (χ0v) is 58.2. The lowest BCUT2D eigenvalue weighted by molar-refractivity contribution is -0.148. The number of carbonyl (C=O) groups excluding carboxylic acids is 8. The fraction of sp³-hybridized carbons (Fsp3) is 0.831. The zero-order chi connectivity index (χ0) is 66.5. The Morgan fingerprint density at radius 2 is 1.38 bits per heavy atom. The third kappa shape index (κ3) is 27.6. The molecule has 1 fully saturated rings. The molecule has 25 nitrogen and oxygen atoms in total. The van der Waals surface area contributed by atoms with E-state index in [4.69, 9.17) is 15.2 Å². The predicted molar refractivity (Wildman–Crippen MR) is 347 cm³/mol. The van der Waals surface area contributed by atoms with Gasteiger partial charge in [0, 0.05) is 59.8 Å². The number of unbranched alkanes of at least 4 members (excludes halogenated alkanes) is 4. The average molecular weight is 1390 g/mol. The van der Waals surface area contributed by atoms with Crippen molar-refractivity contribution >= 4 is 103 Å². The first-order valence-corrected chi connectivity index (χ1v) is 33.4. The molecule has 1 aliphatic heterocycles. The van der Waals surface area contributed by atoms with Crippen LogP contribution in [-0.4, -0.2) is 207 Å². The van der Waals surface area contributed by atoms with Crippen LogP contribution >= 0.6 is 43.6 Å². The van der Waals surface area contributed by atoms with Crippen LogP contribution in [0.15, 0.2) is 0 Å². The number of carbonyl (C=O) groups is 10. The Morgan fingerprint density at radius 1 is 0.759 bits per heavy atom. The summed E-state index contributed by atoms with van der Waals surface area (Å²) in [5.41, 5.74) is 5.80. The number of aliphatic hydroxyl groups is 1. The number of thioether (sulfide) groups is 1. The van der Waals surface area contributed by atoms with Gasteiger partial charge in [0.15, 0.2) is 0 Å². The minimum Gasteiger partial charge on any atom is -0.481 e. The Kier molecular flexibility index (Phi) is 38.6. The third-order valence-corrected chi connectivity index (χ3v) is 19.4. The molecule has 0 radical (unpaired) electrons. The molecule has 0 bridgehead atoms. The summed E-state index contributed by atoms with van der Waals surface area (Å²) in [6.07, 6.45) is 4.75. The number of likely N-dealkylation sites (N-methyl/N-ethyl adjacent to an activating group) is 2. The Balaban J connectivity index is 3.23. The summed E-state index contributed by atoms with van der Waals surface area (Å²) in [6.45, 7) is 17.9. The van der Waals surface area contributed by atoms with Crippen LogP contribution in [0.25, 0.3) is 0 Å². The maximum absolute atomic E-state index is 14.6. The first-order chi connectivity index (χ1) is 40.8. The van der Waals surface area contributed by atoms with Crippen LogP contribution in [0.1, 0.15) is 166 Å². The maximum Gasteiger partial charge on any atom is 0.317 e. The highest BCUT2D eigenvalue weighted by molar-refractivity contribution is 14.1. The first kappa shape index (κ1) is 81.0. The summed E-state index contributed by atoms with van der Waals surface area (Å²) in [6, 6.07) is -7.85. The van der Waals surface area contributed by atoms with Crippen molar-refractivity contribution in [3.05, 3.63) is 0 Å². The normalized spacial score (nSPS) is 18.9. The van der Waals surface area contributed by atoms with Crippen molar-refractivity contribution in [1.82, 2.24) is 47.0 Å². The lowest BCUT2D eigenvalue weighted by atomic mass is 9.89. The molecule has 0 saturated carbocycles. The number of amides is 8. The molecule has 1 aliphatic rings. The number of ether oxygens (including phenoxy) is 2. The summed E-state index contributed by atoms with van der Waals surface area (Å²) >= 11 is 3.21. The van der Waals surface area contributed by atoms with Gasteiger partial charge < -0.3 is 77.5 Å². The number of nitrogens with two attached hydrogens (primary N) is 1. The summed E-state index contributed by atoms with van der Waals surface area (Å²) < 4.78 is 11.5. The number of aliphatic hydroxyl groups excluding tert-OH is 1. The van der Waals surface area contributed by atoms with E-state index >= 15 is 0 Å². The lowest BCUT2D eigenvalue weighted by Gasteiger charge is -2.41. The molecule has 0 aromatic rings. The van der Waals surface area contributed by atoms with Crippen LogP contribution in [0.4, 0.5) is 0 Å². The Morgan fingerprint density at radius 3 is 1.91 bits per heavy atom. The molecule has 87 heavy (non-hydrogen) atoms. The molecular weight excluding hydrogens is 1280 g/mol. The quantitative estimate of drug-likeness (QED) is 0.0180. The van der Waals surface area contributed by atoms with Gasteiger partial charge in [-0.15, -0.1) is 21.0 Å². The number of aliphatic carboxylic acids is 2. The van der Waals surface area contributed by atoms with E-state index in [1.165, 1.54) is 34.5 Å². The molecule has 12 N–H and O–H groups in total. The summed E-state index contributed by atoms with van der Waals surface area (Å²) in [7, 11) is 8.90. The van der Waals surface area contributed by atoms with Gasteiger partial charge in [-0.2, -0.15) is 0 Å². The number of hydrogen-bond acceptors (Lipinski definition) is 16. The van der Waals surface area contributed by atoms with Crippen molar-refractivity contribution in [3.8, 4) is 0 Å². The molecule has 8 amide bonds. The molecule has 0 aromatic carbocycles. The van der Waals surface area contributed by atoms with E-state index in [-0.39, 0.29) is 55.0 Å². The highest BCUT2D eigenvalue weighted by Crippen LogP contribution is 2.46. The van der Waals surface area contributed by atoms with E-state index in [0.29, 0.717) is 32.2 Å². The molecule has 0 aliphatic carbocycles. The number of rotatable bonds is 44. The largest absolute Gasteiger partial charge is 0.481 e. The Labute approximate surface area is 537 Å². The predicted octanol–water partition coefficient (Wildman–Crippen LogP) is 3.25. The van der Waals surface area contributed by atoms with Gasteiger partial charge in [0.25, 0.3) is 0 Å². The van der Waals surface area contributed by atoms with Crippen LogP contribution in [0, 0.1) is 23.7 Å². The van der Waals surface area contributed by atoms with E-state index < -0.39 is 141 Å². The van der Waals surface area contributed by atoms with Gasteiger partial charge in [0.2, 0.25) is 47.3 Å². The van der Waals surface area contributed by atoms with Gasteiger partial charge in [-0.3, -0.25) is 47.9 Å². The fourth-order valence-electron chi connectivity index (χ4n) is 10.9. The molecular formula is C59H108IN10O15PS. The van der Waals surface area contributed by atoms with E-state index in [2.05, 4.69) is 76.0 Å². The number of carboxylic acid groups (broad SMARTS) is 2. The standard InChI is InChI=1S/C59H108IN10O15PS/c1-15-18-19-20-21-23-35(7)48(62-11)55(79)67-47(33(4)5)57(81)69(12)50(34(6)17-3)42(84-13)29-45(73)70-28-22-24-41(70)51(85-14)37(9)52(76)68-49(38(10)71)56(80)66-39(25-26-46(74)75)54(78)64-36(8)32-63-53(77)40(31-61)65-44(72)30-43(58(82)83)87-59(60,86)27-16-2/h33-43,47-51,62,71H,15-32,61,86H2,1-14H3,(H,63,77)(H,64,78)(H,65,72)(H,66,80)(H,67,79)(H,68,76)(H,74,75)(H,82,83)/t34-,35?,36+,37+,38?,39-,40-,41-,42+,43?,47-,48-,49-,50-,51?,59?/m0/s1. The topological polar surface area (TPSA) is 367 Å².